The van der Waals surface area contributed by atoms with E-state index in [4.69, 9.17) is 11.6 Å². The second-order valence-electron chi connectivity index (χ2n) is 4.05. The van der Waals surface area contributed by atoms with Crippen LogP contribution in [0.3, 0.4) is 0 Å². The van der Waals surface area contributed by atoms with Crippen LogP contribution in [0, 0.1) is 15.9 Å². The summed E-state index contributed by atoms with van der Waals surface area (Å²) >= 11 is 5.62. The Kier molecular flexibility index (Phi) is 3.62. The molecule has 0 aliphatic carbocycles. The first-order chi connectivity index (χ1) is 9.62. The Balaban J connectivity index is 2.61. The van der Waals surface area contributed by atoms with Gasteiger partial charge in [0, 0.05) is 18.7 Å². The molecule has 0 saturated heterocycles. The molecule has 2 rings (SSSR count). The summed E-state index contributed by atoms with van der Waals surface area (Å²) in [5.74, 6) is -1.09. The van der Waals surface area contributed by atoms with Crippen molar-refractivity contribution in [2.45, 2.75) is 6.18 Å². The number of rotatable bonds is 2. The van der Waals surface area contributed by atoms with Crippen molar-refractivity contribution in [1.82, 2.24) is 9.78 Å². The zero-order chi connectivity index (χ0) is 15.9. The molecular formula is C11H6ClF4N3O2. The van der Waals surface area contributed by atoms with E-state index in [2.05, 4.69) is 5.10 Å². The summed E-state index contributed by atoms with van der Waals surface area (Å²) in [5, 5.41) is 13.3. The molecule has 0 radical (unpaired) electrons. The number of aryl methyl sites for hydroxylation is 1. The number of hydrogen-bond donors (Lipinski definition) is 0. The third-order valence-electron chi connectivity index (χ3n) is 2.68. The Morgan fingerprint density at radius 1 is 1.38 bits per heavy atom. The summed E-state index contributed by atoms with van der Waals surface area (Å²) in [6.45, 7) is 0. The number of nitrogens with zero attached hydrogens (tertiary/aromatic N) is 3. The molecule has 1 aromatic carbocycles. The van der Waals surface area contributed by atoms with Gasteiger partial charge < -0.3 is 0 Å². The smallest absolute Gasteiger partial charge is 0.262 e. The lowest BCUT2D eigenvalue weighted by Crippen LogP contribution is -2.12. The maximum atomic E-state index is 13.8. The minimum Gasteiger partial charge on any atom is -0.262 e. The van der Waals surface area contributed by atoms with Crippen LogP contribution in [0.2, 0.25) is 5.02 Å². The molecule has 5 nitrogen and oxygen atoms in total. The van der Waals surface area contributed by atoms with Gasteiger partial charge in [0.25, 0.3) is 5.69 Å². The predicted molar refractivity (Wildman–Crippen MR) is 65.3 cm³/mol. The number of hydrogen-bond acceptors (Lipinski definition) is 3. The highest BCUT2D eigenvalue weighted by Gasteiger charge is 2.39. The number of nitro groups is 1. The maximum absolute atomic E-state index is 13.8. The fourth-order valence-electron chi connectivity index (χ4n) is 1.79. The highest BCUT2D eigenvalue weighted by molar-refractivity contribution is 6.33. The van der Waals surface area contributed by atoms with Gasteiger partial charge in [0.2, 0.25) is 0 Å². The number of alkyl halides is 3. The molecule has 0 N–H and O–H groups in total. The largest absolute Gasteiger partial charge is 0.434 e. The van der Waals surface area contributed by atoms with Gasteiger partial charge in [0.1, 0.15) is 11.5 Å². The lowest BCUT2D eigenvalue weighted by Gasteiger charge is -2.06. The van der Waals surface area contributed by atoms with Gasteiger partial charge in [-0.3, -0.25) is 14.8 Å². The van der Waals surface area contributed by atoms with Gasteiger partial charge in [-0.25, -0.2) is 4.39 Å². The first-order valence-corrected chi connectivity index (χ1v) is 5.74. The standard InChI is InChI=1S/C11H6ClF4N3O2/c1-18-10(11(14,15)16)8(12)9(17-18)6-3-2-5(19(20)21)4-7(6)13/h2-4H,1H3. The Morgan fingerprint density at radius 3 is 2.43 bits per heavy atom. The topological polar surface area (TPSA) is 61.0 Å². The molecule has 0 aliphatic heterocycles. The Bertz CT molecular complexity index is 727. The average Bonchev–Trinajstić information content (AvgIpc) is 2.63. The van der Waals surface area contributed by atoms with Crippen LogP contribution in [0.4, 0.5) is 23.2 Å². The summed E-state index contributed by atoms with van der Waals surface area (Å²) < 4.78 is 52.6. The molecule has 0 bridgehead atoms. The van der Waals surface area contributed by atoms with Crippen molar-refractivity contribution >= 4 is 17.3 Å². The van der Waals surface area contributed by atoms with Crippen molar-refractivity contribution in [3.05, 3.63) is 44.8 Å². The molecule has 1 heterocycles. The molecular weight excluding hydrogens is 318 g/mol. The number of nitro benzene ring substituents is 1. The lowest BCUT2D eigenvalue weighted by atomic mass is 10.1. The molecule has 0 atom stereocenters. The van der Waals surface area contributed by atoms with Crippen molar-refractivity contribution in [3.8, 4) is 11.3 Å². The normalized spacial score (nSPS) is 11.7. The molecule has 0 aliphatic rings. The van der Waals surface area contributed by atoms with Crippen LogP contribution < -0.4 is 0 Å². The van der Waals surface area contributed by atoms with Gasteiger partial charge in [-0.1, -0.05) is 11.6 Å². The Hall–Kier alpha value is -2.16. The first-order valence-electron chi connectivity index (χ1n) is 5.37. The van der Waals surface area contributed by atoms with E-state index < -0.39 is 39.0 Å². The lowest BCUT2D eigenvalue weighted by molar-refractivity contribution is -0.385. The van der Waals surface area contributed by atoms with Crippen LogP contribution in [-0.4, -0.2) is 14.7 Å². The fourth-order valence-corrected chi connectivity index (χ4v) is 2.16. The minimum absolute atomic E-state index is 0.350. The highest BCUT2D eigenvalue weighted by Crippen LogP contribution is 2.40. The van der Waals surface area contributed by atoms with E-state index in [1.54, 1.807) is 0 Å². The van der Waals surface area contributed by atoms with Crippen molar-refractivity contribution in [1.29, 1.82) is 0 Å². The van der Waals surface area contributed by atoms with Gasteiger partial charge in [0.05, 0.1) is 16.0 Å². The highest BCUT2D eigenvalue weighted by atomic mass is 35.5. The molecule has 10 heteroatoms. The van der Waals surface area contributed by atoms with Gasteiger partial charge >= 0.3 is 6.18 Å². The third-order valence-corrected chi connectivity index (χ3v) is 3.03. The van der Waals surface area contributed by atoms with Crippen LogP contribution in [0.25, 0.3) is 11.3 Å². The molecule has 0 saturated carbocycles. The van der Waals surface area contributed by atoms with E-state index in [1.807, 2.05) is 0 Å². The predicted octanol–water partition coefficient (Wildman–Crippen LogP) is 3.81. The van der Waals surface area contributed by atoms with Gasteiger partial charge in [-0.05, 0) is 6.07 Å². The molecule has 112 valence electrons. The monoisotopic (exact) mass is 323 g/mol. The SMILES string of the molecule is Cn1nc(-c2ccc([N+](=O)[O-])cc2F)c(Cl)c1C(F)(F)F. The van der Waals surface area contributed by atoms with Crippen LogP contribution in [0.1, 0.15) is 5.69 Å². The van der Waals surface area contributed by atoms with Crippen LogP contribution >= 0.6 is 11.6 Å². The van der Waals surface area contributed by atoms with E-state index in [-0.39, 0.29) is 5.56 Å². The number of aromatic nitrogens is 2. The summed E-state index contributed by atoms with van der Waals surface area (Å²) in [5.41, 5.74) is -2.54. The molecule has 0 amide bonds. The van der Waals surface area contributed by atoms with Crippen molar-refractivity contribution < 1.29 is 22.5 Å². The van der Waals surface area contributed by atoms with Crippen molar-refractivity contribution in [2.75, 3.05) is 0 Å². The van der Waals surface area contributed by atoms with E-state index in [1.165, 1.54) is 0 Å². The number of halogens is 5. The zero-order valence-corrected chi connectivity index (χ0v) is 11.0. The number of benzene rings is 1. The zero-order valence-electron chi connectivity index (χ0n) is 10.3. The van der Waals surface area contributed by atoms with E-state index >= 15 is 0 Å². The molecule has 0 fully saturated rings. The number of non-ortho nitro benzene ring substituents is 1. The van der Waals surface area contributed by atoms with Crippen LogP contribution in [-0.2, 0) is 13.2 Å². The molecule has 0 spiro atoms. The van der Waals surface area contributed by atoms with Crippen molar-refractivity contribution in [3.63, 3.8) is 0 Å². The van der Waals surface area contributed by atoms with Crippen LogP contribution in [0.15, 0.2) is 18.2 Å². The fraction of sp³-hybridized carbons (Fsp3) is 0.182. The second-order valence-corrected chi connectivity index (χ2v) is 4.43. The first kappa shape index (κ1) is 15.2. The third kappa shape index (κ3) is 2.68. The van der Waals surface area contributed by atoms with E-state index in [9.17, 15) is 27.7 Å². The average molecular weight is 324 g/mol. The maximum Gasteiger partial charge on any atom is 0.434 e. The molecule has 2 aromatic rings. The van der Waals surface area contributed by atoms with Crippen LogP contribution in [0.5, 0.6) is 0 Å². The van der Waals surface area contributed by atoms with Gasteiger partial charge in [0.15, 0.2) is 5.69 Å². The summed E-state index contributed by atoms with van der Waals surface area (Å²) in [6, 6.07) is 2.51. The Labute approximate surface area is 119 Å². The minimum atomic E-state index is -4.76. The van der Waals surface area contributed by atoms with E-state index in [0.717, 1.165) is 19.2 Å². The summed E-state index contributed by atoms with van der Waals surface area (Å²) in [4.78, 5) is 9.68. The molecule has 1 aromatic heterocycles. The van der Waals surface area contributed by atoms with Gasteiger partial charge in [-0.2, -0.15) is 18.3 Å². The van der Waals surface area contributed by atoms with Crippen molar-refractivity contribution in [2.24, 2.45) is 7.05 Å². The summed E-state index contributed by atoms with van der Waals surface area (Å²) in [7, 11) is 1.02. The van der Waals surface area contributed by atoms with Gasteiger partial charge in [-0.15, -0.1) is 0 Å². The quantitative estimate of drug-likeness (QED) is 0.479. The Morgan fingerprint density at radius 2 is 2.00 bits per heavy atom. The molecule has 21 heavy (non-hydrogen) atoms. The second kappa shape index (κ2) is 4.99. The van der Waals surface area contributed by atoms with E-state index in [0.29, 0.717) is 10.7 Å². The summed E-state index contributed by atoms with van der Waals surface area (Å²) in [6.07, 6.45) is -4.76. The molecule has 0 unspecified atom stereocenters.